The van der Waals surface area contributed by atoms with Crippen LogP contribution in [0.2, 0.25) is 0 Å². The fourth-order valence-electron chi connectivity index (χ4n) is 2.10. The van der Waals surface area contributed by atoms with E-state index in [0.717, 1.165) is 19.3 Å². The quantitative estimate of drug-likeness (QED) is 0.512. The monoisotopic (exact) mass is 198 g/mol. The molecule has 0 N–H and O–H groups in total. The first kappa shape index (κ1) is 11.2. The molecule has 0 heterocycles. The lowest BCUT2D eigenvalue weighted by atomic mass is 9.80. The van der Waals surface area contributed by atoms with Gasteiger partial charge in [-0.25, -0.2) is 0 Å². The van der Waals surface area contributed by atoms with E-state index in [1.165, 1.54) is 12.7 Å². The molecule has 14 heavy (non-hydrogen) atoms. The van der Waals surface area contributed by atoms with Gasteiger partial charge in [0.2, 0.25) is 0 Å². The summed E-state index contributed by atoms with van der Waals surface area (Å²) < 4.78 is 9.93. The molecule has 3 heteroatoms. The average Bonchev–Trinajstić information content (AvgIpc) is 2.19. The summed E-state index contributed by atoms with van der Waals surface area (Å²) in [5, 5.41) is 0. The van der Waals surface area contributed by atoms with E-state index in [4.69, 9.17) is 9.47 Å². The molecule has 1 fully saturated rings. The van der Waals surface area contributed by atoms with Crippen molar-refractivity contribution in [1.82, 2.24) is 0 Å². The largest absolute Gasteiger partial charge is 0.435 e. The lowest BCUT2D eigenvalue weighted by Crippen LogP contribution is -2.30. The van der Waals surface area contributed by atoms with E-state index >= 15 is 0 Å². The molecule has 1 saturated carbocycles. The Morgan fingerprint density at radius 1 is 1.50 bits per heavy atom. The van der Waals surface area contributed by atoms with E-state index in [-0.39, 0.29) is 11.9 Å². The van der Waals surface area contributed by atoms with Crippen molar-refractivity contribution in [2.75, 3.05) is 13.7 Å². The average molecular weight is 198 g/mol. The van der Waals surface area contributed by atoms with Gasteiger partial charge in [-0.05, 0) is 18.8 Å². The van der Waals surface area contributed by atoms with Gasteiger partial charge < -0.3 is 9.47 Å². The molecule has 0 aliphatic heterocycles. The highest BCUT2D eigenvalue weighted by Crippen LogP contribution is 2.31. The lowest BCUT2D eigenvalue weighted by Gasteiger charge is -2.28. The first-order valence-corrected chi connectivity index (χ1v) is 5.10. The Morgan fingerprint density at radius 2 is 2.21 bits per heavy atom. The molecule has 0 spiro atoms. The van der Waals surface area contributed by atoms with E-state index in [0.29, 0.717) is 12.5 Å². The molecule has 0 amide bonds. The van der Waals surface area contributed by atoms with Gasteiger partial charge in [0.05, 0.1) is 12.2 Å². The fraction of sp³-hybridized carbons (Fsp3) is 0.727. The Bertz CT molecular complexity index is 199. The Morgan fingerprint density at radius 3 is 2.86 bits per heavy atom. The number of hydrogen-bond acceptors (Lipinski definition) is 3. The topological polar surface area (TPSA) is 35.5 Å². The number of rotatable bonds is 4. The van der Waals surface area contributed by atoms with Crippen LogP contribution in [0.1, 0.15) is 25.7 Å². The minimum absolute atomic E-state index is 0.00157. The summed E-state index contributed by atoms with van der Waals surface area (Å²) in [5.74, 6) is 0.171. The number of ether oxygens (including phenoxy) is 2. The van der Waals surface area contributed by atoms with Crippen LogP contribution in [0.3, 0.4) is 0 Å². The molecule has 0 aromatic rings. The van der Waals surface area contributed by atoms with Crippen molar-refractivity contribution in [3.8, 4) is 0 Å². The van der Waals surface area contributed by atoms with Crippen LogP contribution >= 0.6 is 0 Å². The summed E-state index contributed by atoms with van der Waals surface area (Å²) in [5.41, 5.74) is 0. The van der Waals surface area contributed by atoms with Crippen LogP contribution in [0.15, 0.2) is 12.8 Å². The Balaban J connectivity index is 2.52. The molecular weight excluding hydrogens is 180 g/mol. The van der Waals surface area contributed by atoms with Crippen LogP contribution in [0.5, 0.6) is 0 Å². The predicted molar refractivity (Wildman–Crippen MR) is 53.6 cm³/mol. The van der Waals surface area contributed by atoms with E-state index in [9.17, 15) is 4.79 Å². The number of esters is 1. The summed E-state index contributed by atoms with van der Waals surface area (Å²) in [6, 6.07) is 0. The van der Waals surface area contributed by atoms with Crippen molar-refractivity contribution in [2.24, 2.45) is 11.8 Å². The zero-order valence-electron chi connectivity index (χ0n) is 8.70. The van der Waals surface area contributed by atoms with Gasteiger partial charge in [-0.15, -0.1) is 0 Å². The zero-order valence-corrected chi connectivity index (χ0v) is 8.70. The standard InChI is InChI=1S/C11H18O3/c1-3-14-11(12)10-7-5-4-6-9(10)8-13-2/h3,9-10H,1,4-8H2,2H3. The van der Waals surface area contributed by atoms with E-state index in [1.54, 1.807) is 7.11 Å². The molecule has 1 rings (SSSR count). The highest BCUT2D eigenvalue weighted by Gasteiger charge is 2.31. The van der Waals surface area contributed by atoms with E-state index in [2.05, 4.69) is 6.58 Å². The molecule has 2 unspecified atom stereocenters. The second-order valence-electron chi connectivity index (χ2n) is 3.71. The highest BCUT2D eigenvalue weighted by atomic mass is 16.5. The molecule has 80 valence electrons. The molecule has 1 aliphatic rings. The van der Waals surface area contributed by atoms with Crippen molar-refractivity contribution in [3.05, 3.63) is 12.8 Å². The zero-order chi connectivity index (χ0) is 10.4. The van der Waals surface area contributed by atoms with Gasteiger partial charge in [0, 0.05) is 13.7 Å². The normalized spacial score (nSPS) is 26.9. The molecule has 3 nitrogen and oxygen atoms in total. The van der Waals surface area contributed by atoms with Gasteiger partial charge in [-0.1, -0.05) is 19.4 Å². The number of hydrogen-bond donors (Lipinski definition) is 0. The van der Waals surface area contributed by atoms with Crippen LogP contribution < -0.4 is 0 Å². The maximum atomic E-state index is 11.5. The molecule has 2 atom stereocenters. The van der Waals surface area contributed by atoms with Crippen molar-refractivity contribution in [3.63, 3.8) is 0 Å². The van der Waals surface area contributed by atoms with Crippen LogP contribution in [-0.4, -0.2) is 19.7 Å². The van der Waals surface area contributed by atoms with Gasteiger partial charge in [0.25, 0.3) is 0 Å². The van der Waals surface area contributed by atoms with Crippen molar-refractivity contribution < 1.29 is 14.3 Å². The first-order chi connectivity index (χ1) is 6.79. The SMILES string of the molecule is C=COC(=O)C1CCCCC1COC. The minimum Gasteiger partial charge on any atom is -0.435 e. The molecule has 0 radical (unpaired) electrons. The summed E-state index contributed by atoms with van der Waals surface area (Å²) in [4.78, 5) is 11.5. The van der Waals surface area contributed by atoms with Gasteiger partial charge in [0.1, 0.15) is 0 Å². The first-order valence-electron chi connectivity index (χ1n) is 5.10. The van der Waals surface area contributed by atoms with Crippen molar-refractivity contribution >= 4 is 5.97 Å². The molecule has 0 bridgehead atoms. The highest BCUT2D eigenvalue weighted by molar-refractivity contribution is 5.73. The third-order valence-corrected chi connectivity index (χ3v) is 2.79. The molecule has 0 saturated heterocycles. The van der Waals surface area contributed by atoms with Gasteiger partial charge in [-0.2, -0.15) is 0 Å². The summed E-state index contributed by atoms with van der Waals surface area (Å²) in [7, 11) is 1.67. The number of methoxy groups -OCH3 is 1. The second kappa shape index (κ2) is 5.81. The third kappa shape index (κ3) is 2.84. The van der Waals surface area contributed by atoms with Crippen LogP contribution in [-0.2, 0) is 14.3 Å². The number of carbonyl (C=O) groups excluding carboxylic acids is 1. The number of carbonyl (C=O) groups is 1. The van der Waals surface area contributed by atoms with Gasteiger partial charge in [-0.3, -0.25) is 4.79 Å². The van der Waals surface area contributed by atoms with Crippen LogP contribution in [0, 0.1) is 11.8 Å². The second-order valence-corrected chi connectivity index (χ2v) is 3.71. The Labute approximate surface area is 85.1 Å². The maximum absolute atomic E-state index is 11.5. The fourth-order valence-corrected chi connectivity index (χ4v) is 2.10. The summed E-state index contributed by atoms with van der Waals surface area (Å²) in [6.07, 6.45) is 5.48. The lowest BCUT2D eigenvalue weighted by molar-refractivity contribution is -0.146. The molecule has 0 aromatic heterocycles. The smallest absolute Gasteiger partial charge is 0.314 e. The van der Waals surface area contributed by atoms with Gasteiger partial charge >= 0.3 is 5.97 Å². The predicted octanol–water partition coefficient (Wildman–Crippen LogP) is 2.13. The maximum Gasteiger partial charge on any atom is 0.314 e. The van der Waals surface area contributed by atoms with Crippen LogP contribution in [0.25, 0.3) is 0 Å². The Kier molecular flexibility index (Phi) is 4.66. The molecular formula is C11H18O3. The van der Waals surface area contributed by atoms with Crippen molar-refractivity contribution in [2.45, 2.75) is 25.7 Å². The van der Waals surface area contributed by atoms with Crippen molar-refractivity contribution in [1.29, 1.82) is 0 Å². The summed E-state index contributed by atoms with van der Waals surface area (Å²) in [6.45, 7) is 4.04. The molecule has 0 aromatic carbocycles. The summed E-state index contributed by atoms with van der Waals surface area (Å²) >= 11 is 0. The van der Waals surface area contributed by atoms with Gasteiger partial charge in [0.15, 0.2) is 0 Å². The van der Waals surface area contributed by atoms with E-state index < -0.39 is 0 Å². The van der Waals surface area contributed by atoms with E-state index in [1.807, 2.05) is 0 Å². The van der Waals surface area contributed by atoms with Crippen LogP contribution in [0.4, 0.5) is 0 Å². The molecule has 1 aliphatic carbocycles. The Hall–Kier alpha value is -0.830. The third-order valence-electron chi connectivity index (χ3n) is 2.79. The minimum atomic E-state index is -0.151.